The first-order valence-electron chi connectivity index (χ1n) is 11.5. The van der Waals surface area contributed by atoms with E-state index in [9.17, 15) is 4.79 Å². The third-order valence-corrected chi connectivity index (χ3v) is 7.50. The minimum Gasteiger partial charge on any atom is -0.368 e. The molecular weight excluding hydrogens is 388 g/mol. The molecule has 1 spiro atoms. The highest BCUT2D eigenvalue weighted by molar-refractivity contribution is 5.79. The third kappa shape index (κ3) is 3.40. The van der Waals surface area contributed by atoms with Gasteiger partial charge in [0.25, 0.3) is 0 Å². The molecule has 2 aromatic rings. The first kappa shape index (κ1) is 20.4. The fraction of sp³-hybridized carbons (Fsp3) is 0.542. The molecule has 7 heteroatoms. The number of anilines is 2. The molecule has 7 nitrogen and oxygen atoms in total. The molecule has 4 N–H and O–H groups in total. The van der Waals surface area contributed by atoms with E-state index in [1.54, 1.807) is 6.33 Å². The molecule has 3 heterocycles. The van der Waals surface area contributed by atoms with Crippen molar-refractivity contribution in [3.63, 3.8) is 0 Å². The van der Waals surface area contributed by atoms with E-state index < -0.39 is 0 Å². The lowest BCUT2D eigenvalue weighted by molar-refractivity contribution is -0.119. The Labute approximate surface area is 183 Å². The Kier molecular flexibility index (Phi) is 5.18. The molecule has 1 aromatic heterocycles. The Morgan fingerprint density at radius 3 is 2.94 bits per heavy atom. The van der Waals surface area contributed by atoms with Gasteiger partial charge in [0.2, 0.25) is 5.91 Å². The first-order chi connectivity index (χ1) is 15.0. The zero-order valence-electron chi connectivity index (χ0n) is 18.4. The van der Waals surface area contributed by atoms with Gasteiger partial charge in [0.1, 0.15) is 12.1 Å². The number of aryl methyl sites for hydroxylation is 1. The number of piperidine rings is 1. The number of primary amides is 1. The van der Waals surface area contributed by atoms with E-state index in [0.29, 0.717) is 12.5 Å². The highest BCUT2D eigenvalue weighted by Crippen LogP contribution is 2.51. The van der Waals surface area contributed by atoms with Gasteiger partial charge in [-0.1, -0.05) is 19.1 Å². The van der Waals surface area contributed by atoms with Crippen LogP contribution in [-0.4, -0.2) is 41.6 Å². The van der Waals surface area contributed by atoms with Crippen LogP contribution in [0.15, 0.2) is 24.5 Å². The van der Waals surface area contributed by atoms with Crippen LogP contribution in [-0.2, 0) is 23.2 Å². The van der Waals surface area contributed by atoms with Crippen molar-refractivity contribution in [1.29, 1.82) is 0 Å². The fourth-order valence-corrected chi connectivity index (χ4v) is 5.74. The summed E-state index contributed by atoms with van der Waals surface area (Å²) in [6, 6.07) is 6.20. The van der Waals surface area contributed by atoms with Crippen molar-refractivity contribution < 1.29 is 4.79 Å². The van der Waals surface area contributed by atoms with Gasteiger partial charge >= 0.3 is 0 Å². The number of rotatable bonds is 5. The van der Waals surface area contributed by atoms with E-state index in [2.05, 4.69) is 45.6 Å². The van der Waals surface area contributed by atoms with E-state index >= 15 is 0 Å². The molecule has 0 bridgehead atoms. The molecule has 5 rings (SSSR count). The summed E-state index contributed by atoms with van der Waals surface area (Å²) >= 11 is 0. The SMILES string of the molecule is CC(NCc1cccc2c1C1(CCNCC1)CN2c1ncnc2c1C(C)CC2)C(N)=O. The third-order valence-electron chi connectivity index (χ3n) is 7.50. The number of hydrogen-bond acceptors (Lipinski definition) is 6. The van der Waals surface area contributed by atoms with Crippen molar-refractivity contribution in [3.8, 4) is 0 Å². The maximum atomic E-state index is 11.6. The summed E-state index contributed by atoms with van der Waals surface area (Å²) in [7, 11) is 0. The molecule has 3 aliphatic rings. The van der Waals surface area contributed by atoms with Gasteiger partial charge < -0.3 is 21.3 Å². The van der Waals surface area contributed by atoms with E-state index in [1.807, 2.05) is 6.92 Å². The van der Waals surface area contributed by atoms with Crippen LogP contribution in [0.4, 0.5) is 11.5 Å². The molecule has 1 fully saturated rings. The summed E-state index contributed by atoms with van der Waals surface area (Å²) in [5.74, 6) is 1.25. The molecule has 0 radical (unpaired) electrons. The monoisotopic (exact) mass is 420 g/mol. The lowest BCUT2D eigenvalue weighted by Gasteiger charge is -2.36. The number of amides is 1. The summed E-state index contributed by atoms with van der Waals surface area (Å²) in [5, 5.41) is 6.85. The van der Waals surface area contributed by atoms with E-state index in [-0.39, 0.29) is 17.4 Å². The molecule has 1 saturated heterocycles. The minimum atomic E-state index is -0.358. The van der Waals surface area contributed by atoms with Crippen LogP contribution in [0.3, 0.4) is 0 Å². The summed E-state index contributed by atoms with van der Waals surface area (Å²) in [5.41, 5.74) is 12.0. The summed E-state index contributed by atoms with van der Waals surface area (Å²) in [6.45, 7) is 7.73. The van der Waals surface area contributed by atoms with Gasteiger partial charge in [-0.2, -0.15) is 0 Å². The van der Waals surface area contributed by atoms with Crippen molar-refractivity contribution in [1.82, 2.24) is 20.6 Å². The van der Waals surface area contributed by atoms with Crippen LogP contribution in [0.25, 0.3) is 0 Å². The first-order valence-corrected chi connectivity index (χ1v) is 11.5. The number of fused-ring (bicyclic) bond motifs is 3. The Hall–Kier alpha value is -2.51. The Morgan fingerprint density at radius 1 is 1.35 bits per heavy atom. The van der Waals surface area contributed by atoms with Gasteiger partial charge in [-0.15, -0.1) is 0 Å². The van der Waals surface area contributed by atoms with E-state index in [4.69, 9.17) is 10.7 Å². The number of nitrogens with zero attached hydrogens (tertiary/aromatic N) is 3. The number of aromatic nitrogens is 2. The Bertz CT molecular complexity index is 1000. The van der Waals surface area contributed by atoms with Crippen LogP contribution < -0.4 is 21.3 Å². The molecule has 1 amide bonds. The molecule has 1 aliphatic carbocycles. The van der Waals surface area contributed by atoms with Gasteiger partial charge in [0.05, 0.1) is 6.04 Å². The van der Waals surface area contributed by atoms with Crippen molar-refractivity contribution in [2.75, 3.05) is 24.5 Å². The van der Waals surface area contributed by atoms with Gasteiger partial charge in [-0.3, -0.25) is 4.79 Å². The largest absolute Gasteiger partial charge is 0.368 e. The summed E-state index contributed by atoms with van der Waals surface area (Å²) in [6.07, 6.45) is 6.12. The lowest BCUT2D eigenvalue weighted by Crippen LogP contribution is -2.43. The van der Waals surface area contributed by atoms with Gasteiger partial charge in [0.15, 0.2) is 0 Å². The standard InChI is InChI=1S/C24H32N6O/c1-15-6-7-18-20(15)23(29-14-28-18)30-13-24(8-10-26-11-9-24)21-17(4-3-5-19(21)30)12-27-16(2)22(25)31/h3-5,14-16,26-27H,6-13H2,1-2H3,(H2,25,31). The van der Waals surface area contributed by atoms with E-state index in [1.165, 1.54) is 28.1 Å². The van der Waals surface area contributed by atoms with Crippen molar-refractivity contribution in [3.05, 3.63) is 46.9 Å². The molecule has 2 unspecified atom stereocenters. The molecule has 31 heavy (non-hydrogen) atoms. The highest BCUT2D eigenvalue weighted by Gasteiger charge is 2.46. The maximum Gasteiger partial charge on any atom is 0.234 e. The predicted molar refractivity (Wildman–Crippen MR) is 121 cm³/mol. The summed E-state index contributed by atoms with van der Waals surface area (Å²) in [4.78, 5) is 23.4. The average Bonchev–Trinajstić information content (AvgIpc) is 3.31. The fourth-order valence-electron chi connectivity index (χ4n) is 5.74. The molecular formula is C24H32N6O. The molecule has 1 aromatic carbocycles. The quantitative estimate of drug-likeness (QED) is 0.687. The predicted octanol–water partition coefficient (Wildman–Crippen LogP) is 2.26. The number of carbonyl (C=O) groups is 1. The smallest absolute Gasteiger partial charge is 0.234 e. The number of benzene rings is 1. The maximum absolute atomic E-state index is 11.6. The highest BCUT2D eigenvalue weighted by atomic mass is 16.1. The number of carbonyl (C=O) groups excluding carboxylic acids is 1. The second-order valence-corrected chi connectivity index (χ2v) is 9.43. The van der Waals surface area contributed by atoms with Crippen molar-refractivity contribution >= 4 is 17.4 Å². The molecule has 2 atom stereocenters. The van der Waals surface area contributed by atoms with Crippen molar-refractivity contribution in [2.45, 2.75) is 63.5 Å². The van der Waals surface area contributed by atoms with Crippen LogP contribution in [0, 0.1) is 0 Å². The lowest BCUT2D eigenvalue weighted by atomic mass is 9.73. The van der Waals surface area contributed by atoms with Crippen molar-refractivity contribution in [2.24, 2.45) is 5.73 Å². The van der Waals surface area contributed by atoms with Gasteiger partial charge in [0, 0.05) is 35.4 Å². The van der Waals surface area contributed by atoms with Crippen LogP contribution >= 0.6 is 0 Å². The number of nitrogens with one attached hydrogen (secondary N) is 2. The van der Waals surface area contributed by atoms with Gasteiger partial charge in [-0.25, -0.2) is 9.97 Å². The number of nitrogens with two attached hydrogens (primary N) is 1. The minimum absolute atomic E-state index is 0.0918. The van der Waals surface area contributed by atoms with Gasteiger partial charge in [-0.05, 0) is 68.8 Å². The van der Waals surface area contributed by atoms with Crippen LogP contribution in [0.5, 0.6) is 0 Å². The second kappa shape index (κ2) is 7.88. The summed E-state index contributed by atoms with van der Waals surface area (Å²) < 4.78 is 0. The van der Waals surface area contributed by atoms with Crippen LogP contribution in [0.2, 0.25) is 0 Å². The topological polar surface area (TPSA) is 96.2 Å². The zero-order chi connectivity index (χ0) is 21.6. The Balaban J connectivity index is 1.59. The normalized spacial score (nSPS) is 22.4. The average molecular weight is 421 g/mol. The van der Waals surface area contributed by atoms with Crippen LogP contribution in [0.1, 0.15) is 61.4 Å². The van der Waals surface area contributed by atoms with E-state index in [0.717, 1.165) is 51.1 Å². The number of hydrogen-bond donors (Lipinski definition) is 3. The zero-order valence-corrected chi connectivity index (χ0v) is 18.4. The Morgan fingerprint density at radius 2 is 2.16 bits per heavy atom. The molecule has 164 valence electrons. The molecule has 0 saturated carbocycles. The molecule has 2 aliphatic heterocycles. The second-order valence-electron chi connectivity index (χ2n) is 9.43.